The monoisotopic (exact) mass is 262 g/mol. The van der Waals surface area contributed by atoms with Crippen molar-refractivity contribution in [2.45, 2.75) is 37.0 Å². The van der Waals surface area contributed by atoms with E-state index in [1.165, 1.54) is 0 Å². The van der Waals surface area contributed by atoms with E-state index in [4.69, 9.17) is 4.74 Å². The number of nitrogens with one attached hydrogen (secondary N) is 1. The predicted octanol–water partition coefficient (Wildman–Crippen LogP) is 0.179. The summed E-state index contributed by atoms with van der Waals surface area (Å²) in [7, 11) is -1.42. The maximum atomic E-state index is 12.4. The van der Waals surface area contributed by atoms with Crippen LogP contribution in [0.4, 0.5) is 0 Å². The Labute approximate surface area is 104 Å². The normalized spacial score (nSPS) is 28.5. The Morgan fingerprint density at radius 2 is 1.94 bits per heavy atom. The van der Waals surface area contributed by atoms with Crippen molar-refractivity contribution in [1.29, 1.82) is 0 Å². The molecule has 0 bridgehead atoms. The number of hydrogen-bond donors (Lipinski definition) is 1. The highest BCUT2D eigenvalue weighted by molar-refractivity contribution is 7.89. The van der Waals surface area contributed by atoms with Crippen LogP contribution < -0.4 is 5.32 Å². The Morgan fingerprint density at radius 3 is 2.53 bits per heavy atom. The van der Waals surface area contributed by atoms with Gasteiger partial charge in [0.05, 0.1) is 5.25 Å². The van der Waals surface area contributed by atoms with Crippen LogP contribution in [0.5, 0.6) is 0 Å². The molecule has 1 N–H and O–H groups in total. The van der Waals surface area contributed by atoms with Crippen LogP contribution in [0.1, 0.15) is 25.7 Å². The molecule has 0 aromatic heterocycles. The topological polar surface area (TPSA) is 58.6 Å². The molecule has 1 atom stereocenters. The SMILES string of the molecule is CN(C1CCOCC1)S(=O)(=O)C1CCCNC1. The first kappa shape index (κ1) is 13.3. The summed E-state index contributed by atoms with van der Waals surface area (Å²) in [6.07, 6.45) is 3.36. The molecule has 2 rings (SSSR count). The van der Waals surface area contributed by atoms with Gasteiger partial charge >= 0.3 is 0 Å². The lowest BCUT2D eigenvalue weighted by Gasteiger charge is -2.34. The lowest BCUT2D eigenvalue weighted by atomic mass is 10.1. The van der Waals surface area contributed by atoms with E-state index in [1.807, 2.05) is 0 Å². The van der Waals surface area contributed by atoms with Crippen molar-refractivity contribution in [1.82, 2.24) is 9.62 Å². The maximum Gasteiger partial charge on any atom is 0.218 e. The summed E-state index contributed by atoms with van der Waals surface area (Å²) < 4.78 is 31.7. The van der Waals surface area contributed by atoms with Crippen molar-refractivity contribution in [3.05, 3.63) is 0 Å². The zero-order valence-electron chi connectivity index (χ0n) is 10.4. The van der Waals surface area contributed by atoms with Crippen molar-refractivity contribution in [3.8, 4) is 0 Å². The van der Waals surface area contributed by atoms with Crippen LogP contribution in [0.15, 0.2) is 0 Å². The fourth-order valence-electron chi connectivity index (χ4n) is 2.57. The molecule has 100 valence electrons. The Kier molecular flexibility index (Phi) is 4.41. The van der Waals surface area contributed by atoms with Crippen LogP contribution >= 0.6 is 0 Å². The van der Waals surface area contributed by atoms with Gasteiger partial charge in [-0.3, -0.25) is 0 Å². The highest BCUT2D eigenvalue weighted by atomic mass is 32.2. The van der Waals surface area contributed by atoms with E-state index in [1.54, 1.807) is 11.4 Å². The standard InChI is InChI=1S/C11H22N2O3S/c1-13(10-4-7-16-8-5-10)17(14,15)11-3-2-6-12-9-11/h10-12H,2-9H2,1H3. The van der Waals surface area contributed by atoms with Crippen molar-refractivity contribution < 1.29 is 13.2 Å². The van der Waals surface area contributed by atoms with Gasteiger partial charge in [0.25, 0.3) is 0 Å². The first-order valence-electron chi connectivity index (χ1n) is 6.37. The van der Waals surface area contributed by atoms with Crippen LogP contribution in [0.3, 0.4) is 0 Å². The van der Waals surface area contributed by atoms with Crippen LogP contribution in [0.25, 0.3) is 0 Å². The molecule has 2 aliphatic heterocycles. The van der Waals surface area contributed by atoms with Crippen LogP contribution in [-0.4, -0.2) is 57.4 Å². The summed E-state index contributed by atoms with van der Waals surface area (Å²) >= 11 is 0. The Hall–Kier alpha value is -0.170. The molecular weight excluding hydrogens is 240 g/mol. The molecule has 5 nitrogen and oxygen atoms in total. The average molecular weight is 262 g/mol. The largest absolute Gasteiger partial charge is 0.381 e. The summed E-state index contributed by atoms with van der Waals surface area (Å²) in [4.78, 5) is 0. The molecule has 0 aromatic rings. The Bertz CT molecular complexity index is 333. The predicted molar refractivity (Wildman–Crippen MR) is 66.4 cm³/mol. The van der Waals surface area contributed by atoms with Crippen molar-refractivity contribution >= 4 is 10.0 Å². The van der Waals surface area contributed by atoms with Gasteiger partial charge in [-0.15, -0.1) is 0 Å². The van der Waals surface area contributed by atoms with E-state index in [-0.39, 0.29) is 11.3 Å². The number of hydrogen-bond acceptors (Lipinski definition) is 4. The second-order valence-corrected chi connectivity index (χ2v) is 7.15. The third-order valence-electron chi connectivity index (χ3n) is 3.78. The summed E-state index contributed by atoms with van der Waals surface area (Å²) in [5.74, 6) is 0. The van der Waals surface area contributed by atoms with Gasteiger partial charge in [-0.2, -0.15) is 0 Å². The van der Waals surface area contributed by atoms with E-state index in [0.717, 1.165) is 32.2 Å². The quantitative estimate of drug-likeness (QED) is 0.788. The van der Waals surface area contributed by atoms with Gasteiger partial charge in [0, 0.05) is 32.8 Å². The second kappa shape index (κ2) is 5.65. The van der Waals surface area contributed by atoms with Gasteiger partial charge < -0.3 is 10.1 Å². The average Bonchev–Trinajstić information content (AvgIpc) is 2.40. The highest BCUT2D eigenvalue weighted by Gasteiger charge is 2.35. The fourth-order valence-corrected chi connectivity index (χ4v) is 4.46. The highest BCUT2D eigenvalue weighted by Crippen LogP contribution is 2.21. The molecule has 2 fully saturated rings. The Morgan fingerprint density at radius 1 is 1.24 bits per heavy atom. The first-order chi connectivity index (χ1) is 8.12. The molecule has 0 spiro atoms. The summed E-state index contributed by atoms with van der Waals surface area (Å²) in [5, 5.41) is 2.92. The molecule has 1 unspecified atom stereocenters. The number of piperidine rings is 1. The number of nitrogens with zero attached hydrogens (tertiary/aromatic N) is 1. The van der Waals surface area contributed by atoms with E-state index in [0.29, 0.717) is 19.8 Å². The molecule has 0 aliphatic carbocycles. The van der Waals surface area contributed by atoms with Crippen LogP contribution in [-0.2, 0) is 14.8 Å². The second-order valence-electron chi connectivity index (χ2n) is 4.87. The van der Waals surface area contributed by atoms with E-state index < -0.39 is 10.0 Å². The lowest BCUT2D eigenvalue weighted by molar-refractivity contribution is 0.0629. The number of ether oxygens (including phenoxy) is 1. The zero-order valence-corrected chi connectivity index (χ0v) is 11.2. The molecule has 2 aliphatic rings. The fraction of sp³-hybridized carbons (Fsp3) is 1.00. The molecule has 0 saturated carbocycles. The molecular formula is C11H22N2O3S. The maximum absolute atomic E-state index is 12.4. The van der Waals surface area contributed by atoms with E-state index in [9.17, 15) is 8.42 Å². The van der Waals surface area contributed by atoms with Gasteiger partial charge in [-0.25, -0.2) is 12.7 Å². The number of rotatable bonds is 3. The molecule has 2 heterocycles. The van der Waals surface area contributed by atoms with Crippen LogP contribution in [0.2, 0.25) is 0 Å². The minimum atomic E-state index is -3.15. The van der Waals surface area contributed by atoms with Crippen molar-refractivity contribution in [2.75, 3.05) is 33.4 Å². The molecule has 6 heteroatoms. The van der Waals surface area contributed by atoms with Gasteiger partial charge in [0.15, 0.2) is 0 Å². The zero-order chi connectivity index (χ0) is 12.3. The molecule has 0 radical (unpaired) electrons. The molecule has 0 aromatic carbocycles. The van der Waals surface area contributed by atoms with Gasteiger partial charge in [0.2, 0.25) is 10.0 Å². The minimum absolute atomic E-state index is 0.121. The van der Waals surface area contributed by atoms with Gasteiger partial charge in [0.1, 0.15) is 0 Å². The summed E-state index contributed by atoms with van der Waals surface area (Å²) in [5.41, 5.74) is 0. The van der Waals surface area contributed by atoms with Crippen LogP contribution in [0, 0.1) is 0 Å². The summed E-state index contributed by atoms with van der Waals surface area (Å²) in [6.45, 7) is 2.88. The Balaban J connectivity index is 2.02. The van der Waals surface area contributed by atoms with Crippen molar-refractivity contribution in [3.63, 3.8) is 0 Å². The van der Waals surface area contributed by atoms with Gasteiger partial charge in [-0.05, 0) is 32.2 Å². The van der Waals surface area contributed by atoms with Crippen molar-refractivity contribution in [2.24, 2.45) is 0 Å². The third kappa shape index (κ3) is 2.99. The lowest BCUT2D eigenvalue weighted by Crippen LogP contribution is -2.49. The first-order valence-corrected chi connectivity index (χ1v) is 7.88. The molecule has 0 amide bonds. The third-order valence-corrected chi connectivity index (χ3v) is 6.13. The molecule has 2 saturated heterocycles. The van der Waals surface area contributed by atoms with Gasteiger partial charge in [-0.1, -0.05) is 0 Å². The number of sulfonamides is 1. The van der Waals surface area contributed by atoms with E-state index in [2.05, 4.69) is 5.32 Å². The minimum Gasteiger partial charge on any atom is -0.381 e. The van der Waals surface area contributed by atoms with E-state index >= 15 is 0 Å². The molecule has 17 heavy (non-hydrogen) atoms. The summed E-state index contributed by atoms with van der Waals surface area (Å²) in [6, 6.07) is 0.121. The smallest absolute Gasteiger partial charge is 0.218 e.